The largest absolute Gasteiger partial charge is 0.385 e. The number of hydrogen-bond donors (Lipinski definition) is 1. The second-order valence-electron chi connectivity index (χ2n) is 5.95. The van der Waals surface area contributed by atoms with Crippen molar-refractivity contribution in [1.82, 2.24) is 9.80 Å². The predicted octanol–water partition coefficient (Wildman–Crippen LogP) is 1.57. The van der Waals surface area contributed by atoms with Crippen molar-refractivity contribution in [2.45, 2.75) is 46.6 Å². The smallest absolute Gasteiger partial charge is 0.239 e. The molecule has 5 nitrogen and oxygen atoms in total. The Bertz CT molecular complexity index is 268. The minimum Gasteiger partial charge on any atom is -0.385 e. The standard InChI is InChI=1S/C16H35N3O2/c1-6-18(7-2)10-11-19(13-14(3)4)16(20)15(17)9-8-12-21-5/h14-15H,6-13,17H2,1-5H3. The zero-order valence-corrected chi connectivity index (χ0v) is 14.6. The molecular formula is C16H35N3O2. The molecule has 0 radical (unpaired) electrons. The summed E-state index contributed by atoms with van der Waals surface area (Å²) < 4.78 is 5.02. The Morgan fingerprint density at radius 3 is 2.29 bits per heavy atom. The first-order valence-corrected chi connectivity index (χ1v) is 8.21. The fourth-order valence-corrected chi connectivity index (χ4v) is 2.34. The number of carbonyl (C=O) groups excluding carboxylic acids is 1. The van der Waals surface area contributed by atoms with Gasteiger partial charge in [0.05, 0.1) is 6.04 Å². The number of ether oxygens (including phenoxy) is 1. The zero-order valence-electron chi connectivity index (χ0n) is 14.6. The quantitative estimate of drug-likeness (QED) is 0.556. The van der Waals surface area contributed by atoms with Crippen LogP contribution in [0, 0.1) is 5.92 Å². The molecule has 1 unspecified atom stereocenters. The molecule has 0 spiro atoms. The van der Waals surface area contributed by atoms with Crippen molar-refractivity contribution in [2.24, 2.45) is 11.7 Å². The zero-order chi connectivity index (χ0) is 16.3. The van der Waals surface area contributed by atoms with Crippen molar-refractivity contribution in [3.05, 3.63) is 0 Å². The van der Waals surface area contributed by atoms with Gasteiger partial charge in [-0.15, -0.1) is 0 Å². The lowest BCUT2D eigenvalue weighted by Crippen LogP contribution is -2.48. The molecule has 126 valence electrons. The van der Waals surface area contributed by atoms with Gasteiger partial charge in [0.25, 0.3) is 0 Å². The van der Waals surface area contributed by atoms with Gasteiger partial charge in [0, 0.05) is 33.4 Å². The first-order valence-electron chi connectivity index (χ1n) is 8.21. The van der Waals surface area contributed by atoms with Gasteiger partial charge >= 0.3 is 0 Å². The topological polar surface area (TPSA) is 58.8 Å². The molecule has 0 saturated heterocycles. The molecule has 0 rings (SSSR count). The van der Waals surface area contributed by atoms with E-state index in [0.29, 0.717) is 18.9 Å². The van der Waals surface area contributed by atoms with Crippen molar-refractivity contribution < 1.29 is 9.53 Å². The van der Waals surface area contributed by atoms with Gasteiger partial charge < -0.3 is 20.3 Å². The normalized spacial score (nSPS) is 13.0. The van der Waals surface area contributed by atoms with Gasteiger partial charge in [0.2, 0.25) is 5.91 Å². The van der Waals surface area contributed by atoms with Gasteiger partial charge in [-0.1, -0.05) is 27.7 Å². The Kier molecular flexibility index (Phi) is 11.6. The highest BCUT2D eigenvalue weighted by Gasteiger charge is 2.21. The molecular weight excluding hydrogens is 266 g/mol. The molecule has 0 aliphatic heterocycles. The first kappa shape index (κ1) is 20.3. The van der Waals surface area contributed by atoms with E-state index >= 15 is 0 Å². The van der Waals surface area contributed by atoms with E-state index in [1.165, 1.54) is 0 Å². The van der Waals surface area contributed by atoms with Crippen molar-refractivity contribution in [3.63, 3.8) is 0 Å². The van der Waals surface area contributed by atoms with Crippen LogP contribution in [0.25, 0.3) is 0 Å². The lowest BCUT2D eigenvalue weighted by atomic mass is 10.1. The molecule has 1 amide bonds. The van der Waals surface area contributed by atoms with Crippen LogP contribution in [0.3, 0.4) is 0 Å². The second-order valence-corrected chi connectivity index (χ2v) is 5.95. The van der Waals surface area contributed by atoms with E-state index in [2.05, 4.69) is 32.6 Å². The number of carbonyl (C=O) groups is 1. The second kappa shape index (κ2) is 12.0. The highest BCUT2D eigenvalue weighted by Crippen LogP contribution is 2.05. The maximum atomic E-state index is 12.5. The summed E-state index contributed by atoms with van der Waals surface area (Å²) in [6, 6.07) is -0.407. The van der Waals surface area contributed by atoms with E-state index in [1.807, 2.05) is 4.90 Å². The number of hydrogen-bond acceptors (Lipinski definition) is 4. The molecule has 5 heteroatoms. The van der Waals surface area contributed by atoms with Gasteiger partial charge in [-0.05, 0) is 31.8 Å². The van der Waals surface area contributed by atoms with Crippen LogP contribution in [0.15, 0.2) is 0 Å². The molecule has 0 aromatic heterocycles. The number of nitrogens with zero attached hydrogens (tertiary/aromatic N) is 2. The van der Waals surface area contributed by atoms with Crippen molar-refractivity contribution in [2.75, 3.05) is 46.4 Å². The molecule has 21 heavy (non-hydrogen) atoms. The minimum absolute atomic E-state index is 0.0759. The number of amides is 1. The van der Waals surface area contributed by atoms with Crippen LogP contribution in [-0.4, -0.2) is 68.2 Å². The summed E-state index contributed by atoms with van der Waals surface area (Å²) in [4.78, 5) is 16.8. The van der Waals surface area contributed by atoms with Crippen LogP contribution in [0.4, 0.5) is 0 Å². The van der Waals surface area contributed by atoms with Crippen LogP contribution in [-0.2, 0) is 9.53 Å². The third-order valence-corrected chi connectivity index (χ3v) is 3.66. The minimum atomic E-state index is -0.407. The molecule has 0 aliphatic carbocycles. The summed E-state index contributed by atoms with van der Waals surface area (Å²) in [7, 11) is 1.67. The lowest BCUT2D eigenvalue weighted by Gasteiger charge is -2.30. The molecule has 0 aliphatic rings. The van der Waals surface area contributed by atoms with Gasteiger partial charge in [-0.3, -0.25) is 4.79 Å². The monoisotopic (exact) mass is 301 g/mol. The highest BCUT2D eigenvalue weighted by atomic mass is 16.5. The SMILES string of the molecule is CCN(CC)CCN(CC(C)C)C(=O)C(N)CCCOC. The maximum Gasteiger partial charge on any atom is 0.239 e. The highest BCUT2D eigenvalue weighted by molar-refractivity contribution is 5.81. The van der Waals surface area contributed by atoms with E-state index < -0.39 is 6.04 Å². The summed E-state index contributed by atoms with van der Waals surface area (Å²) >= 11 is 0. The average molecular weight is 301 g/mol. The van der Waals surface area contributed by atoms with Gasteiger partial charge in [-0.2, -0.15) is 0 Å². The Balaban J connectivity index is 4.46. The Morgan fingerprint density at radius 2 is 1.81 bits per heavy atom. The van der Waals surface area contributed by atoms with Gasteiger partial charge in [-0.25, -0.2) is 0 Å². The summed E-state index contributed by atoms with van der Waals surface area (Å²) in [5.74, 6) is 0.531. The van der Waals surface area contributed by atoms with E-state index in [1.54, 1.807) is 7.11 Å². The van der Waals surface area contributed by atoms with E-state index in [-0.39, 0.29) is 5.91 Å². The van der Waals surface area contributed by atoms with Crippen molar-refractivity contribution in [1.29, 1.82) is 0 Å². The maximum absolute atomic E-state index is 12.5. The summed E-state index contributed by atoms with van der Waals surface area (Å²) in [6.45, 7) is 13.7. The summed E-state index contributed by atoms with van der Waals surface area (Å²) in [6.07, 6.45) is 1.52. The fraction of sp³-hybridized carbons (Fsp3) is 0.938. The number of likely N-dealkylation sites (N-methyl/N-ethyl adjacent to an activating group) is 1. The molecule has 0 heterocycles. The summed E-state index contributed by atoms with van der Waals surface area (Å²) in [5.41, 5.74) is 6.05. The van der Waals surface area contributed by atoms with E-state index in [9.17, 15) is 4.79 Å². The van der Waals surface area contributed by atoms with Crippen LogP contribution < -0.4 is 5.73 Å². The van der Waals surface area contributed by atoms with E-state index in [4.69, 9.17) is 10.5 Å². The number of methoxy groups -OCH3 is 1. The molecule has 2 N–H and O–H groups in total. The first-order chi connectivity index (χ1) is 9.96. The van der Waals surface area contributed by atoms with E-state index in [0.717, 1.165) is 39.1 Å². The third kappa shape index (κ3) is 9.06. The average Bonchev–Trinajstić information content (AvgIpc) is 2.46. The van der Waals surface area contributed by atoms with Gasteiger partial charge in [0.1, 0.15) is 0 Å². The van der Waals surface area contributed by atoms with Crippen LogP contribution in [0.1, 0.15) is 40.5 Å². The Labute approximate surface area is 130 Å². The Morgan fingerprint density at radius 1 is 1.19 bits per heavy atom. The Hall–Kier alpha value is -0.650. The number of nitrogens with two attached hydrogens (primary N) is 1. The molecule has 0 aromatic rings. The third-order valence-electron chi connectivity index (χ3n) is 3.66. The fourth-order valence-electron chi connectivity index (χ4n) is 2.34. The molecule has 0 saturated carbocycles. The molecule has 1 atom stereocenters. The molecule has 0 bridgehead atoms. The van der Waals surface area contributed by atoms with Crippen LogP contribution >= 0.6 is 0 Å². The van der Waals surface area contributed by atoms with Crippen molar-refractivity contribution in [3.8, 4) is 0 Å². The predicted molar refractivity (Wildman–Crippen MR) is 88.3 cm³/mol. The molecule has 0 fully saturated rings. The lowest BCUT2D eigenvalue weighted by molar-refractivity contribution is -0.133. The molecule has 0 aromatic carbocycles. The van der Waals surface area contributed by atoms with Crippen molar-refractivity contribution >= 4 is 5.91 Å². The number of rotatable bonds is 12. The van der Waals surface area contributed by atoms with Crippen LogP contribution in [0.5, 0.6) is 0 Å². The van der Waals surface area contributed by atoms with Crippen LogP contribution in [0.2, 0.25) is 0 Å². The summed E-state index contributed by atoms with van der Waals surface area (Å²) in [5, 5.41) is 0. The van der Waals surface area contributed by atoms with Gasteiger partial charge in [0.15, 0.2) is 0 Å².